The molecule has 0 radical (unpaired) electrons. The number of nitro groups is 1. The number of rotatable bonds is 6. The lowest BCUT2D eigenvalue weighted by molar-refractivity contribution is -0.384. The summed E-state index contributed by atoms with van der Waals surface area (Å²) in [6.07, 6.45) is -1.57. The van der Waals surface area contributed by atoms with Crippen molar-refractivity contribution < 1.29 is 28.7 Å². The number of halogens is 1. The number of nitro benzene ring substituents is 1. The molecule has 0 saturated carbocycles. The van der Waals surface area contributed by atoms with Crippen LogP contribution in [0.3, 0.4) is 0 Å². The number of aliphatic hydroxyl groups excluding tert-OH is 1. The van der Waals surface area contributed by atoms with Gasteiger partial charge in [-0.1, -0.05) is 30.3 Å². The Bertz CT molecular complexity index is 796. The van der Waals surface area contributed by atoms with Gasteiger partial charge in [-0.2, -0.15) is 0 Å². The van der Waals surface area contributed by atoms with E-state index in [0.717, 1.165) is 18.2 Å². The average Bonchev–Trinajstić information content (AvgIpc) is 2.61. The van der Waals surface area contributed by atoms with Gasteiger partial charge in [0.05, 0.1) is 10.6 Å². The standard InChI is InChI=1S/C16H13FN2O6/c17-12-7-6-11(19(23)24)8-13(12)18-14(20)9-25-16(22)15(21)10-4-2-1-3-5-10/h1-8,15,21H,9H2,(H,18,20)/t15-/m1/s1. The smallest absolute Gasteiger partial charge is 0.340 e. The van der Waals surface area contributed by atoms with Gasteiger partial charge in [0.25, 0.3) is 11.6 Å². The lowest BCUT2D eigenvalue weighted by Crippen LogP contribution is -2.24. The molecule has 9 heteroatoms. The minimum absolute atomic E-state index is 0.289. The highest BCUT2D eigenvalue weighted by molar-refractivity contribution is 5.93. The van der Waals surface area contributed by atoms with Crippen LogP contribution in [0.4, 0.5) is 15.8 Å². The first kappa shape index (κ1) is 18.0. The number of benzene rings is 2. The van der Waals surface area contributed by atoms with E-state index in [4.69, 9.17) is 0 Å². The van der Waals surface area contributed by atoms with E-state index in [2.05, 4.69) is 10.1 Å². The van der Waals surface area contributed by atoms with Gasteiger partial charge in [-0.3, -0.25) is 14.9 Å². The van der Waals surface area contributed by atoms with Gasteiger partial charge < -0.3 is 15.2 Å². The lowest BCUT2D eigenvalue weighted by Gasteiger charge is -2.11. The van der Waals surface area contributed by atoms with Crippen LogP contribution >= 0.6 is 0 Å². The Balaban J connectivity index is 1.94. The van der Waals surface area contributed by atoms with Crippen LogP contribution in [0.25, 0.3) is 0 Å². The highest BCUT2D eigenvalue weighted by atomic mass is 19.1. The van der Waals surface area contributed by atoms with E-state index in [1.165, 1.54) is 12.1 Å². The van der Waals surface area contributed by atoms with Crippen molar-refractivity contribution in [2.45, 2.75) is 6.10 Å². The Kier molecular flexibility index (Phi) is 5.75. The number of anilines is 1. The van der Waals surface area contributed by atoms with Gasteiger partial charge in [0.1, 0.15) is 5.82 Å². The number of nitrogens with one attached hydrogen (secondary N) is 1. The molecule has 130 valence electrons. The third kappa shape index (κ3) is 4.82. The van der Waals surface area contributed by atoms with Crippen LogP contribution in [0, 0.1) is 15.9 Å². The number of non-ortho nitro benzene ring substituents is 1. The summed E-state index contributed by atoms with van der Waals surface area (Å²) in [5, 5.41) is 22.5. The van der Waals surface area contributed by atoms with E-state index in [1.54, 1.807) is 18.2 Å². The molecule has 0 aliphatic rings. The summed E-state index contributed by atoms with van der Waals surface area (Å²) >= 11 is 0. The van der Waals surface area contributed by atoms with E-state index >= 15 is 0 Å². The second-order valence-corrected chi connectivity index (χ2v) is 4.89. The molecule has 0 heterocycles. The van der Waals surface area contributed by atoms with Crippen LogP contribution < -0.4 is 5.32 Å². The number of ether oxygens (including phenoxy) is 1. The number of carbonyl (C=O) groups excluding carboxylic acids is 2. The molecule has 1 atom stereocenters. The van der Waals surface area contributed by atoms with E-state index in [9.17, 15) is 29.2 Å². The largest absolute Gasteiger partial charge is 0.453 e. The van der Waals surface area contributed by atoms with Gasteiger partial charge in [-0.05, 0) is 11.6 Å². The molecule has 2 aromatic rings. The third-order valence-electron chi connectivity index (χ3n) is 3.12. The van der Waals surface area contributed by atoms with Gasteiger partial charge >= 0.3 is 5.97 Å². The van der Waals surface area contributed by atoms with E-state index < -0.39 is 46.7 Å². The molecule has 2 aromatic carbocycles. The molecular weight excluding hydrogens is 335 g/mol. The summed E-state index contributed by atoms with van der Waals surface area (Å²) in [6, 6.07) is 10.6. The molecule has 0 unspecified atom stereocenters. The fraction of sp³-hybridized carbons (Fsp3) is 0.125. The molecule has 0 aliphatic carbocycles. The van der Waals surface area contributed by atoms with Crippen molar-refractivity contribution in [3.8, 4) is 0 Å². The molecule has 0 aliphatic heterocycles. The Labute approximate surface area is 141 Å². The first-order valence-corrected chi connectivity index (χ1v) is 7.02. The van der Waals surface area contributed by atoms with E-state index in [0.29, 0.717) is 0 Å². The summed E-state index contributed by atoms with van der Waals surface area (Å²) in [6.45, 7) is -0.787. The molecular formula is C16H13FN2O6. The molecule has 1 amide bonds. The first-order chi connectivity index (χ1) is 11.9. The predicted octanol–water partition coefficient (Wildman–Crippen LogP) is 1.95. The van der Waals surface area contributed by atoms with Gasteiger partial charge in [-0.25, -0.2) is 9.18 Å². The molecule has 0 aromatic heterocycles. The predicted molar refractivity (Wildman–Crippen MR) is 84.0 cm³/mol. The maximum atomic E-state index is 13.6. The minimum atomic E-state index is -1.57. The van der Waals surface area contributed by atoms with E-state index in [1.807, 2.05) is 0 Å². The zero-order chi connectivity index (χ0) is 18.4. The Morgan fingerprint density at radius 3 is 2.56 bits per heavy atom. The second kappa shape index (κ2) is 7.97. The SMILES string of the molecule is O=C(COC(=O)[C@H](O)c1ccccc1)Nc1cc([N+](=O)[O-])ccc1F. The Morgan fingerprint density at radius 2 is 1.92 bits per heavy atom. The molecule has 2 rings (SSSR count). The number of esters is 1. The second-order valence-electron chi connectivity index (χ2n) is 4.89. The van der Waals surface area contributed by atoms with Crippen molar-refractivity contribution in [1.29, 1.82) is 0 Å². The quantitative estimate of drug-likeness (QED) is 0.468. The summed E-state index contributed by atoms with van der Waals surface area (Å²) < 4.78 is 18.2. The van der Waals surface area contributed by atoms with Crippen LogP contribution in [0.5, 0.6) is 0 Å². The van der Waals surface area contributed by atoms with Gasteiger partial charge in [0, 0.05) is 12.1 Å². The molecule has 0 bridgehead atoms. The maximum Gasteiger partial charge on any atom is 0.340 e. The normalized spacial score (nSPS) is 11.4. The fourth-order valence-electron chi connectivity index (χ4n) is 1.90. The molecule has 0 spiro atoms. The highest BCUT2D eigenvalue weighted by Gasteiger charge is 2.20. The third-order valence-corrected chi connectivity index (χ3v) is 3.12. The molecule has 0 fully saturated rings. The highest BCUT2D eigenvalue weighted by Crippen LogP contribution is 2.21. The minimum Gasteiger partial charge on any atom is -0.453 e. The molecule has 8 nitrogen and oxygen atoms in total. The molecule has 25 heavy (non-hydrogen) atoms. The van der Waals surface area contributed by atoms with Crippen molar-refractivity contribution in [1.82, 2.24) is 0 Å². The van der Waals surface area contributed by atoms with Crippen LogP contribution in [0.1, 0.15) is 11.7 Å². The summed E-state index contributed by atoms with van der Waals surface area (Å²) in [5.74, 6) is -2.84. The van der Waals surface area contributed by atoms with Crippen LogP contribution in [0.15, 0.2) is 48.5 Å². The zero-order valence-electron chi connectivity index (χ0n) is 12.7. The number of amides is 1. The number of aliphatic hydroxyl groups is 1. The van der Waals surface area contributed by atoms with Gasteiger partial charge in [-0.15, -0.1) is 0 Å². The fourth-order valence-corrected chi connectivity index (χ4v) is 1.90. The topological polar surface area (TPSA) is 119 Å². The van der Waals surface area contributed by atoms with Crippen molar-refractivity contribution in [3.05, 3.63) is 70.0 Å². The Morgan fingerprint density at radius 1 is 1.24 bits per heavy atom. The number of hydrogen-bond acceptors (Lipinski definition) is 6. The average molecular weight is 348 g/mol. The van der Waals surface area contributed by atoms with Crippen LogP contribution in [0.2, 0.25) is 0 Å². The summed E-state index contributed by atoms with van der Waals surface area (Å²) in [5.41, 5.74) is -0.537. The Hall–Kier alpha value is -3.33. The van der Waals surface area contributed by atoms with Crippen LogP contribution in [-0.2, 0) is 14.3 Å². The van der Waals surface area contributed by atoms with Gasteiger partial charge in [0.15, 0.2) is 12.7 Å². The number of carbonyl (C=O) groups is 2. The number of nitrogens with zero attached hydrogens (tertiary/aromatic N) is 1. The van der Waals surface area contributed by atoms with Crippen LogP contribution in [-0.4, -0.2) is 28.5 Å². The molecule has 0 saturated heterocycles. The number of hydrogen-bond donors (Lipinski definition) is 2. The van der Waals surface area contributed by atoms with Crippen molar-refractivity contribution in [3.63, 3.8) is 0 Å². The summed E-state index contributed by atoms with van der Waals surface area (Å²) in [4.78, 5) is 33.3. The zero-order valence-corrected chi connectivity index (χ0v) is 12.7. The maximum absolute atomic E-state index is 13.6. The van der Waals surface area contributed by atoms with Gasteiger partial charge in [0.2, 0.25) is 0 Å². The van der Waals surface area contributed by atoms with Crippen molar-refractivity contribution in [2.75, 3.05) is 11.9 Å². The molecule has 2 N–H and O–H groups in total. The van der Waals surface area contributed by atoms with E-state index in [-0.39, 0.29) is 5.56 Å². The first-order valence-electron chi connectivity index (χ1n) is 7.02. The monoisotopic (exact) mass is 348 g/mol. The lowest BCUT2D eigenvalue weighted by atomic mass is 10.1. The van der Waals surface area contributed by atoms with Crippen molar-refractivity contribution in [2.24, 2.45) is 0 Å². The van der Waals surface area contributed by atoms with Crippen molar-refractivity contribution >= 4 is 23.3 Å². The summed E-state index contributed by atoms with van der Waals surface area (Å²) in [7, 11) is 0.